The Morgan fingerprint density at radius 1 is 1.00 bits per heavy atom. The summed E-state index contributed by atoms with van der Waals surface area (Å²) in [5.41, 5.74) is 0. The first-order valence-corrected chi connectivity index (χ1v) is 8.36. The molecule has 0 aliphatic carbocycles. The summed E-state index contributed by atoms with van der Waals surface area (Å²) in [5.74, 6) is 0.739. The van der Waals surface area contributed by atoms with Crippen LogP contribution in [0.3, 0.4) is 0 Å². The van der Waals surface area contributed by atoms with E-state index in [1.807, 2.05) is 37.3 Å². The molecule has 0 aliphatic rings. The van der Waals surface area contributed by atoms with Gasteiger partial charge >= 0.3 is 0 Å². The molecule has 0 saturated carbocycles. The topological polar surface area (TPSA) is 55.4 Å². The second-order valence-corrected chi connectivity index (χ2v) is 6.39. The van der Waals surface area contributed by atoms with Crippen molar-refractivity contribution in [1.29, 1.82) is 0 Å². The maximum absolute atomic E-state index is 12.1. The van der Waals surface area contributed by atoms with E-state index in [2.05, 4.69) is 4.72 Å². The zero-order valence-corrected chi connectivity index (χ0v) is 12.7. The summed E-state index contributed by atoms with van der Waals surface area (Å²) < 4.78 is 32.6. The second kappa shape index (κ2) is 7.24. The maximum atomic E-state index is 12.1. The average Bonchev–Trinajstić information content (AvgIpc) is 2.53. The molecule has 1 unspecified atom stereocenters. The van der Waals surface area contributed by atoms with Crippen LogP contribution in [0.15, 0.2) is 65.6 Å². The molecule has 0 fully saturated rings. The van der Waals surface area contributed by atoms with Crippen LogP contribution in [0.2, 0.25) is 0 Å². The van der Waals surface area contributed by atoms with Gasteiger partial charge in [0.05, 0.1) is 4.90 Å². The van der Waals surface area contributed by atoms with Crippen LogP contribution in [0, 0.1) is 0 Å². The summed E-state index contributed by atoms with van der Waals surface area (Å²) in [4.78, 5) is 0.263. The minimum Gasteiger partial charge on any atom is -0.489 e. The molecule has 0 aromatic heterocycles. The molecule has 0 radical (unpaired) electrons. The Morgan fingerprint density at radius 3 is 2.14 bits per heavy atom. The molecule has 5 heteroatoms. The van der Waals surface area contributed by atoms with Crippen molar-refractivity contribution in [3.63, 3.8) is 0 Å². The highest BCUT2D eigenvalue weighted by molar-refractivity contribution is 7.89. The number of nitrogens with one attached hydrogen (secondary N) is 1. The number of para-hydroxylation sites is 1. The van der Waals surface area contributed by atoms with Gasteiger partial charge in [0.2, 0.25) is 10.0 Å². The Balaban J connectivity index is 1.97. The smallest absolute Gasteiger partial charge is 0.240 e. The van der Waals surface area contributed by atoms with E-state index >= 15 is 0 Å². The fraction of sp³-hybridized carbons (Fsp3) is 0.250. The molecule has 0 bridgehead atoms. The van der Waals surface area contributed by atoms with Crippen molar-refractivity contribution < 1.29 is 13.2 Å². The third-order valence-electron chi connectivity index (χ3n) is 3.06. The third kappa shape index (κ3) is 4.58. The predicted molar refractivity (Wildman–Crippen MR) is 82.8 cm³/mol. The monoisotopic (exact) mass is 305 g/mol. The summed E-state index contributed by atoms with van der Waals surface area (Å²) in [6.45, 7) is 2.20. The van der Waals surface area contributed by atoms with Gasteiger partial charge in [-0.05, 0) is 30.7 Å². The van der Waals surface area contributed by atoms with Gasteiger partial charge in [0.25, 0.3) is 0 Å². The lowest BCUT2D eigenvalue weighted by Crippen LogP contribution is -2.35. The minimum atomic E-state index is -3.49. The highest BCUT2D eigenvalue weighted by Gasteiger charge is 2.16. The molecule has 2 rings (SSSR count). The standard InChI is InChI=1S/C16H19NO3S/c1-2-14(20-15-9-5-3-6-10-15)13-17-21(18,19)16-11-7-4-8-12-16/h3-12,14,17H,2,13H2,1H3. The number of ether oxygens (including phenoxy) is 1. The van der Waals surface area contributed by atoms with Crippen LogP contribution in [0.5, 0.6) is 5.75 Å². The fourth-order valence-electron chi connectivity index (χ4n) is 1.85. The van der Waals surface area contributed by atoms with Crippen molar-refractivity contribution in [2.45, 2.75) is 24.3 Å². The molecule has 0 amide bonds. The van der Waals surface area contributed by atoms with E-state index in [1.165, 1.54) is 0 Å². The number of hydrogen-bond donors (Lipinski definition) is 1. The van der Waals surface area contributed by atoms with Gasteiger partial charge in [-0.15, -0.1) is 0 Å². The molecule has 21 heavy (non-hydrogen) atoms. The van der Waals surface area contributed by atoms with Crippen molar-refractivity contribution in [2.75, 3.05) is 6.54 Å². The van der Waals surface area contributed by atoms with Crippen molar-refractivity contribution in [3.05, 3.63) is 60.7 Å². The van der Waals surface area contributed by atoms with E-state index in [9.17, 15) is 8.42 Å². The zero-order valence-electron chi connectivity index (χ0n) is 11.9. The van der Waals surface area contributed by atoms with E-state index in [1.54, 1.807) is 30.3 Å². The number of rotatable bonds is 7. The van der Waals surface area contributed by atoms with Crippen LogP contribution in [-0.2, 0) is 10.0 Å². The average molecular weight is 305 g/mol. The molecule has 0 spiro atoms. The Kier molecular flexibility index (Phi) is 5.36. The lowest BCUT2D eigenvalue weighted by Gasteiger charge is -2.18. The van der Waals surface area contributed by atoms with Gasteiger partial charge in [0.15, 0.2) is 0 Å². The van der Waals surface area contributed by atoms with Crippen molar-refractivity contribution >= 4 is 10.0 Å². The summed E-state index contributed by atoms with van der Waals surface area (Å²) >= 11 is 0. The molecule has 112 valence electrons. The van der Waals surface area contributed by atoms with E-state index < -0.39 is 10.0 Å². The summed E-state index contributed by atoms with van der Waals surface area (Å²) in [5, 5.41) is 0. The summed E-state index contributed by atoms with van der Waals surface area (Å²) in [6.07, 6.45) is 0.512. The van der Waals surface area contributed by atoms with E-state index in [0.717, 1.165) is 5.75 Å². The second-order valence-electron chi connectivity index (χ2n) is 4.63. The van der Waals surface area contributed by atoms with Gasteiger partial charge in [0, 0.05) is 6.54 Å². The fourth-order valence-corrected chi connectivity index (χ4v) is 2.93. The number of benzene rings is 2. The van der Waals surface area contributed by atoms with Gasteiger partial charge in [-0.25, -0.2) is 13.1 Å². The molecular weight excluding hydrogens is 286 g/mol. The van der Waals surface area contributed by atoms with Gasteiger partial charge in [-0.1, -0.05) is 43.3 Å². The SMILES string of the molecule is CCC(CNS(=O)(=O)c1ccccc1)Oc1ccccc1. The molecule has 4 nitrogen and oxygen atoms in total. The van der Waals surface area contributed by atoms with E-state index in [0.29, 0.717) is 6.42 Å². The van der Waals surface area contributed by atoms with Crippen molar-refractivity contribution in [2.24, 2.45) is 0 Å². The Labute approximate surface area is 125 Å². The van der Waals surface area contributed by atoms with Gasteiger partial charge in [-0.3, -0.25) is 0 Å². The van der Waals surface area contributed by atoms with Crippen molar-refractivity contribution in [1.82, 2.24) is 4.72 Å². The molecule has 0 aliphatic heterocycles. The normalized spacial score (nSPS) is 12.8. The van der Waals surface area contributed by atoms with Crippen LogP contribution >= 0.6 is 0 Å². The Bertz CT molecular complexity index is 642. The lowest BCUT2D eigenvalue weighted by atomic mass is 10.2. The molecule has 0 heterocycles. The number of hydrogen-bond acceptors (Lipinski definition) is 3. The lowest BCUT2D eigenvalue weighted by molar-refractivity contribution is 0.200. The van der Waals surface area contributed by atoms with Gasteiger partial charge in [0.1, 0.15) is 11.9 Å². The largest absolute Gasteiger partial charge is 0.489 e. The van der Waals surface area contributed by atoms with Crippen LogP contribution in [0.4, 0.5) is 0 Å². The molecule has 1 atom stereocenters. The molecule has 0 saturated heterocycles. The number of sulfonamides is 1. The van der Waals surface area contributed by atoms with Crippen LogP contribution in [-0.4, -0.2) is 21.1 Å². The first-order chi connectivity index (χ1) is 10.1. The first kappa shape index (κ1) is 15.5. The highest BCUT2D eigenvalue weighted by atomic mass is 32.2. The summed E-state index contributed by atoms with van der Waals surface area (Å²) in [7, 11) is -3.49. The van der Waals surface area contributed by atoms with E-state index in [-0.39, 0.29) is 17.5 Å². The molecular formula is C16H19NO3S. The maximum Gasteiger partial charge on any atom is 0.240 e. The quantitative estimate of drug-likeness (QED) is 0.856. The molecule has 2 aromatic rings. The minimum absolute atomic E-state index is 0.203. The summed E-state index contributed by atoms with van der Waals surface area (Å²) in [6, 6.07) is 17.7. The zero-order chi connectivity index (χ0) is 15.1. The van der Waals surface area contributed by atoms with Crippen molar-refractivity contribution in [3.8, 4) is 5.75 Å². The third-order valence-corrected chi connectivity index (χ3v) is 4.50. The Morgan fingerprint density at radius 2 is 1.57 bits per heavy atom. The van der Waals surface area contributed by atoms with Crippen LogP contribution in [0.25, 0.3) is 0 Å². The van der Waals surface area contributed by atoms with Gasteiger partial charge in [-0.2, -0.15) is 0 Å². The molecule has 2 aromatic carbocycles. The van der Waals surface area contributed by atoms with Gasteiger partial charge < -0.3 is 4.74 Å². The Hall–Kier alpha value is -1.85. The van der Waals surface area contributed by atoms with Crippen LogP contribution < -0.4 is 9.46 Å². The predicted octanol–water partition coefficient (Wildman–Crippen LogP) is 2.82. The molecule has 1 N–H and O–H groups in total. The first-order valence-electron chi connectivity index (χ1n) is 6.88. The van der Waals surface area contributed by atoms with Crippen LogP contribution in [0.1, 0.15) is 13.3 Å². The van der Waals surface area contributed by atoms with E-state index in [4.69, 9.17) is 4.74 Å². The highest BCUT2D eigenvalue weighted by Crippen LogP contribution is 2.13.